The Hall–Kier alpha value is -7.87. The third kappa shape index (κ3) is 5.39. The zero-order valence-corrected chi connectivity index (χ0v) is 39.7. The Balaban J connectivity index is 0.916. The van der Waals surface area contributed by atoms with Gasteiger partial charge in [-0.15, -0.1) is 0 Å². The van der Waals surface area contributed by atoms with E-state index in [-0.39, 0.29) is 5.41 Å². The van der Waals surface area contributed by atoms with E-state index in [2.05, 4.69) is 217 Å². The number of aromatic nitrogens is 1. The highest BCUT2D eigenvalue weighted by atomic mass is 14.6. The molecule has 71 heavy (non-hydrogen) atoms. The van der Waals surface area contributed by atoms with Crippen molar-refractivity contribution in [2.24, 2.45) is 23.7 Å². The molecule has 336 valence electrons. The van der Waals surface area contributed by atoms with Gasteiger partial charge in [0.1, 0.15) is 0 Å². The Morgan fingerprint density at radius 2 is 0.789 bits per heavy atom. The Kier molecular flexibility index (Phi) is 8.34. The SMILES string of the molecule is c1ccc(C2(c3ccccc3)c3cc(-c4ccc5c(c4)C4(c6ccccc6-5)C5CC6CC(C5)CC4C6)ccc3-c3ccc(-c4c5ccccc5c(-c5ccc6ccncc6c5)c5ccccc45)cc32)cc1. The van der Waals surface area contributed by atoms with Gasteiger partial charge >= 0.3 is 0 Å². The van der Waals surface area contributed by atoms with Crippen molar-refractivity contribution in [3.8, 4) is 55.6 Å². The van der Waals surface area contributed by atoms with Gasteiger partial charge < -0.3 is 0 Å². The summed E-state index contributed by atoms with van der Waals surface area (Å²) in [6.07, 6.45) is 10.9. The van der Waals surface area contributed by atoms with E-state index in [1.54, 1.807) is 11.1 Å². The van der Waals surface area contributed by atoms with Gasteiger partial charge in [0.15, 0.2) is 0 Å². The van der Waals surface area contributed by atoms with Crippen molar-refractivity contribution in [1.29, 1.82) is 0 Å². The molecule has 11 aromatic rings. The van der Waals surface area contributed by atoms with Crippen molar-refractivity contribution in [3.63, 3.8) is 0 Å². The molecule has 0 aliphatic heterocycles. The van der Waals surface area contributed by atoms with E-state index >= 15 is 0 Å². The molecule has 0 atom stereocenters. The Labute approximate surface area is 415 Å². The maximum absolute atomic E-state index is 4.49. The molecule has 1 spiro atoms. The maximum atomic E-state index is 4.49. The first kappa shape index (κ1) is 39.9. The molecule has 17 rings (SSSR count). The molecule has 0 N–H and O–H groups in total. The minimum Gasteiger partial charge on any atom is -0.264 e. The fraction of sp³-hybridized carbons (Fsp3) is 0.157. The van der Waals surface area contributed by atoms with Crippen LogP contribution in [0.15, 0.2) is 225 Å². The summed E-state index contributed by atoms with van der Waals surface area (Å²) in [5, 5.41) is 7.36. The molecule has 0 amide bonds. The van der Waals surface area contributed by atoms with Crippen molar-refractivity contribution in [3.05, 3.63) is 258 Å². The summed E-state index contributed by atoms with van der Waals surface area (Å²) in [4.78, 5) is 4.49. The van der Waals surface area contributed by atoms with Gasteiger partial charge in [0.25, 0.3) is 0 Å². The first-order valence-electron chi connectivity index (χ1n) is 26.1. The molecule has 1 aromatic heterocycles. The summed E-state index contributed by atoms with van der Waals surface area (Å²) in [5.74, 6) is 3.28. The van der Waals surface area contributed by atoms with E-state index in [4.69, 9.17) is 0 Å². The molecular weight excluding hydrogens is 855 g/mol. The minimum absolute atomic E-state index is 0.121. The van der Waals surface area contributed by atoms with Crippen LogP contribution in [0.1, 0.15) is 65.5 Å². The third-order valence-corrected chi connectivity index (χ3v) is 18.6. The zero-order valence-electron chi connectivity index (χ0n) is 39.7. The maximum Gasteiger partial charge on any atom is 0.0713 e. The number of hydrogen-bond donors (Lipinski definition) is 0. The van der Waals surface area contributed by atoms with E-state index in [1.165, 1.54) is 137 Å². The van der Waals surface area contributed by atoms with Crippen molar-refractivity contribution >= 4 is 32.3 Å². The van der Waals surface area contributed by atoms with Gasteiger partial charge in [-0.2, -0.15) is 0 Å². The lowest BCUT2D eigenvalue weighted by atomic mass is 9.43. The standard InChI is InChI=1S/C70H51N/c1-3-13-51(14-4-1)69(52-15-5-2-6-16-52)64-39-46(47-25-28-56-55-17-11-12-22-63(55)70(65(56)40-47)53-34-43-33-44(36-53)37-54(70)35-43)26-29-57(64)58-30-27-49(41-66(58)69)68-61-20-9-7-18-59(61)67(60-19-8-10-21-62(60)68)48-24-23-45-31-32-71-42-50(45)38-48/h1-32,38-44,53-54H,33-37H2. The molecule has 1 heteroatoms. The van der Waals surface area contributed by atoms with Crippen molar-refractivity contribution in [1.82, 2.24) is 4.98 Å². The largest absolute Gasteiger partial charge is 0.264 e. The molecule has 0 saturated heterocycles. The number of fused-ring (bicyclic) bond motifs is 9. The summed E-state index contributed by atoms with van der Waals surface area (Å²) < 4.78 is 0. The molecule has 0 unspecified atom stereocenters. The van der Waals surface area contributed by atoms with Crippen molar-refractivity contribution in [2.45, 2.75) is 42.9 Å². The monoisotopic (exact) mass is 905 g/mol. The van der Waals surface area contributed by atoms with Crippen molar-refractivity contribution < 1.29 is 0 Å². The van der Waals surface area contributed by atoms with Gasteiger partial charge in [0.05, 0.1) is 5.41 Å². The summed E-state index contributed by atoms with van der Waals surface area (Å²) in [6, 6.07) is 81.8. The molecule has 6 aliphatic rings. The van der Waals surface area contributed by atoms with Crippen molar-refractivity contribution in [2.75, 3.05) is 0 Å². The van der Waals surface area contributed by atoms with Crippen LogP contribution in [0.5, 0.6) is 0 Å². The highest BCUT2D eigenvalue weighted by molar-refractivity contribution is 6.22. The summed E-state index contributed by atoms with van der Waals surface area (Å²) in [6.45, 7) is 0. The fourth-order valence-electron chi connectivity index (χ4n) is 16.1. The summed E-state index contributed by atoms with van der Waals surface area (Å²) >= 11 is 0. The lowest BCUT2D eigenvalue weighted by Gasteiger charge is -2.61. The zero-order chi connectivity index (χ0) is 46.4. The Morgan fingerprint density at radius 1 is 0.338 bits per heavy atom. The van der Waals surface area contributed by atoms with E-state index in [0.717, 1.165) is 29.1 Å². The van der Waals surface area contributed by atoms with Gasteiger partial charge in [-0.3, -0.25) is 4.98 Å². The quantitative estimate of drug-likeness (QED) is 0.157. The molecular formula is C70H51N. The van der Waals surface area contributed by atoms with Crippen LogP contribution in [0, 0.1) is 23.7 Å². The van der Waals surface area contributed by atoms with Crippen LogP contribution in [0.2, 0.25) is 0 Å². The Bertz CT molecular complexity index is 3890. The average Bonchev–Trinajstić information content (AvgIpc) is 3.90. The highest BCUT2D eigenvalue weighted by Gasteiger charge is 2.61. The predicted molar refractivity (Wildman–Crippen MR) is 294 cm³/mol. The topological polar surface area (TPSA) is 12.9 Å². The lowest BCUT2D eigenvalue weighted by Crippen LogP contribution is -2.55. The molecule has 4 saturated carbocycles. The van der Waals surface area contributed by atoms with Gasteiger partial charge in [0, 0.05) is 23.2 Å². The van der Waals surface area contributed by atoms with Crippen LogP contribution in [0.3, 0.4) is 0 Å². The first-order chi connectivity index (χ1) is 35.2. The summed E-state index contributed by atoms with van der Waals surface area (Å²) in [5.41, 5.74) is 21.2. The van der Waals surface area contributed by atoms with Gasteiger partial charge in [-0.25, -0.2) is 0 Å². The normalized spacial score (nSPS) is 21.7. The van der Waals surface area contributed by atoms with E-state index in [1.807, 2.05) is 12.4 Å². The van der Waals surface area contributed by atoms with Crippen LogP contribution in [0.25, 0.3) is 88.0 Å². The fourth-order valence-corrected chi connectivity index (χ4v) is 16.1. The van der Waals surface area contributed by atoms with Crippen LogP contribution in [0.4, 0.5) is 0 Å². The van der Waals surface area contributed by atoms with Gasteiger partial charge in [-0.05, 0) is 202 Å². The second-order valence-electron chi connectivity index (χ2n) is 21.8. The Morgan fingerprint density at radius 3 is 1.38 bits per heavy atom. The molecule has 0 radical (unpaired) electrons. The minimum atomic E-state index is -0.570. The molecule has 10 aromatic carbocycles. The molecule has 6 aliphatic carbocycles. The smallest absolute Gasteiger partial charge is 0.0713 e. The van der Waals surface area contributed by atoms with E-state index in [9.17, 15) is 0 Å². The third-order valence-electron chi connectivity index (χ3n) is 18.6. The van der Waals surface area contributed by atoms with Crippen LogP contribution < -0.4 is 0 Å². The number of hydrogen-bond acceptors (Lipinski definition) is 1. The number of nitrogens with zero attached hydrogens (tertiary/aromatic N) is 1. The number of rotatable bonds is 5. The van der Waals surface area contributed by atoms with E-state index in [0.29, 0.717) is 0 Å². The summed E-state index contributed by atoms with van der Waals surface area (Å²) in [7, 11) is 0. The molecule has 4 bridgehead atoms. The molecule has 1 heterocycles. The molecule has 4 fully saturated rings. The second kappa shape index (κ2) is 14.8. The lowest BCUT2D eigenvalue weighted by molar-refractivity contribution is -0.0399. The average molecular weight is 906 g/mol. The van der Waals surface area contributed by atoms with Crippen LogP contribution >= 0.6 is 0 Å². The van der Waals surface area contributed by atoms with Crippen LogP contribution in [-0.4, -0.2) is 4.98 Å². The predicted octanol–water partition coefficient (Wildman–Crippen LogP) is 17.6. The number of benzene rings is 10. The second-order valence-corrected chi connectivity index (χ2v) is 21.8. The number of pyridine rings is 1. The van der Waals surface area contributed by atoms with Gasteiger partial charge in [0.2, 0.25) is 0 Å². The van der Waals surface area contributed by atoms with E-state index < -0.39 is 5.41 Å². The highest BCUT2D eigenvalue weighted by Crippen LogP contribution is 2.70. The first-order valence-corrected chi connectivity index (χ1v) is 26.1. The van der Waals surface area contributed by atoms with Gasteiger partial charge in [-0.1, -0.05) is 182 Å². The molecule has 1 nitrogen and oxygen atoms in total. The van der Waals surface area contributed by atoms with Crippen LogP contribution in [-0.2, 0) is 10.8 Å².